The van der Waals surface area contributed by atoms with E-state index in [9.17, 15) is 14.0 Å². The smallest absolute Gasteiger partial charge is 0.335 e. The second kappa shape index (κ2) is 11.0. The largest absolute Gasteiger partial charge is 0.478 e. The Bertz CT molecular complexity index is 1900. The van der Waals surface area contributed by atoms with Gasteiger partial charge in [-0.2, -0.15) is 0 Å². The summed E-state index contributed by atoms with van der Waals surface area (Å²) in [6, 6.07) is 31.9. The zero-order chi connectivity index (χ0) is 28.3. The van der Waals surface area contributed by atoms with Crippen LogP contribution in [-0.2, 0) is 13.1 Å². The lowest BCUT2D eigenvalue weighted by Gasteiger charge is -2.14. The molecule has 1 heterocycles. The zero-order valence-electron chi connectivity index (χ0n) is 21.9. The molecule has 0 spiro atoms. The second-order valence-corrected chi connectivity index (χ2v) is 9.78. The molecule has 0 aliphatic carbocycles. The van der Waals surface area contributed by atoms with Crippen LogP contribution < -0.4 is 10.1 Å². The number of hydrogen-bond acceptors (Lipinski definition) is 3. The summed E-state index contributed by atoms with van der Waals surface area (Å²) in [6.07, 6.45) is 1.92. The monoisotopic (exact) mass is 544 g/mol. The first kappa shape index (κ1) is 25.8. The highest BCUT2D eigenvalue weighted by molar-refractivity contribution is 6.06. The molecule has 41 heavy (non-hydrogen) atoms. The number of para-hydroxylation sites is 1. The van der Waals surface area contributed by atoms with Gasteiger partial charge in [0.25, 0.3) is 5.91 Å². The van der Waals surface area contributed by atoms with E-state index in [4.69, 9.17) is 9.84 Å². The Morgan fingerprint density at radius 1 is 0.756 bits per heavy atom. The van der Waals surface area contributed by atoms with Crippen LogP contribution in [0, 0.1) is 5.82 Å². The molecule has 6 rings (SSSR count). The number of amides is 1. The molecule has 0 bridgehead atoms. The Hall–Kier alpha value is -5.43. The van der Waals surface area contributed by atoms with Gasteiger partial charge in [-0.25, -0.2) is 9.18 Å². The summed E-state index contributed by atoms with van der Waals surface area (Å²) in [5.41, 5.74) is 3.10. The van der Waals surface area contributed by atoms with Crippen molar-refractivity contribution in [2.45, 2.75) is 13.1 Å². The van der Waals surface area contributed by atoms with Gasteiger partial charge in [-0.3, -0.25) is 4.79 Å². The van der Waals surface area contributed by atoms with Crippen LogP contribution in [0.2, 0.25) is 0 Å². The molecule has 0 radical (unpaired) electrons. The molecule has 1 amide bonds. The lowest BCUT2D eigenvalue weighted by molar-refractivity contribution is 0.0696. The van der Waals surface area contributed by atoms with Crippen molar-refractivity contribution in [3.05, 3.63) is 143 Å². The number of carboxylic acids is 1. The maximum atomic E-state index is 13.9. The summed E-state index contributed by atoms with van der Waals surface area (Å²) in [7, 11) is 0. The van der Waals surface area contributed by atoms with Gasteiger partial charge in [0.05, 0.1) is 16.6 Å². The SMILES string of the molecule is O=C(O)c1ccc(CNC(=O)c2cc(Oc3ccccc3)cc3ccn(Cc4ccc5ccc(F)cc5c4)c23)cc1. The van der Waals surface area contributed by atoms with Crippen molar-refractivity contribution in [1.29, 1.82) is 0 Å². The van der Waals surface area contributed by atoms with Crippen molar-refractivity contribution in [2.75, 3.05) is 0 Å². The highest BCUT2D eigenvalue weighted by atomic mass is 19.1. The van der Waals surface area contributed by atoms with E-state index in [0.29, 0.717) is 23.6 Å². The van der Waals surface area contributed by atoms with E-state index < -0.39 is 5.97 Å². The van der Waals surface area contributed by atoms with Gasteiger partial charge >= 0.3 is 5.97 Å². The predicted octanol–water partition coefficient (Wildman–Crippen LogP) is 7.40. The van der Waals surface area contributed by atoms with Gasteiger partial charge < -0.3 is 19.7 Å². The van der Waals surface area contributed by atoms with Crippen molar-refractivity contribution in [3.8, 4) is 11.5 Å². The number of rotatable bonds is 8. The van der Waals surface area contributed by atoms with Gasteiger partial charge in [-0.05, 0) is 82.6 Å². The third-order valence-corrected chi connectivity index (χ3v) is 6.93. The minimum absolute atomic E-state index is 0.182. The van der Waals surface area contributed by atoms with Crippen LogP contribution in [0.15, 0.2) is 115 Å². The molecule has 0 fully saturated rings. The Balaban J connectivity index is 1.34. The fourth-order valence-electron chi connectivity index (χ4n) is 4.92. The van der Waals surface area contributed by atoms with Crippen LogP contribution >= 0.6 is 0 Å². The van der Waals surface area contributed by atoms with Crippen LogP contribution in [0.3, 0.4) is 0 Å². The number of nitrogens with one attached hydrogen (secondary N) is 1. The molecule has 6 nitrogen and oxygen atoms in total. The molecule has 0 aliphatic heterocycles. The highest BCUT2D eigenvalue weighted by Gasteiger charge is 2.17. The quantitative estimate of drug-likeness (QED) is 0.209. The molecular weight excluding hydrogens is 519 g/mol. The maximum Gasteiger partial charge on any atom is 0.335 e. The number of carbonyl (C=O) groups excluding carboxylic acids is 1. The predicted molar refractivity (Wildman–Crippen MR) is 156 cm³/mol. The molecule has 0 aliphatic rings. The molecule has 2 N–H and O–H groups in total. The van der Waals surface area contributed by atoms with Gasteiger partial charge in [-0.1, -0.05) is 48.5 Å². The highest BCUT2D eigenvalue weighted by Crippen LogP contribution is 2.31. The molecule has 1 aromatic heterocycles. The van der Waals surface area contributed by atoms with Crippen LogP contribution in [0.25, 0.3) is 21.7 Å². The number of carbonyl (C=O) groups is 2. The van der Waals surface area contributed by atoms with Crippen LogP contribution in [0.5, 0.6) is 11.5 Å². The van der Waals surface area contributed by atoms with E-state index in [1.807, 2.05) is 71.4 Å². The third kappa shape index (κ3) is 5.65. The van der Waals surface area contributed by atoms with Crippen LogP contribution in [0.1, 0.15) is 31.8 Å². The first-order valence-electron chi connectivity index (χ1n) is 13.1. The van der Waals surface area contributed by atoms with Crippen LogP contribution in [0.4, 0.5) is 4.39 Å². The first-order valence-corrected chi connectivity index (χ1v) is 13.1. The zero-order valence-corrected chi connectivity index (χ0v) is 21.9. The van der Waals surface area contributed by atoms with Gasteiger partial charge in [0.15, 0.2) is 0 Å². The average molecular weight is 545 g/mol. The summed E-state index contributed by atoms with van der Waals surface area (Å²) >= 11 is 0. The number of ether oxygens (including phenoxy) is 1. The second-order valence-electron chi connectivity index (χ2n) is 9.78. The van der Waals surface area contributed by atoms with Gasteiger partial charge in [0.2, 0.25) is 0 Å². The number of carboxylic acid groups (broad SMARTS) is 1. The van der Waals surface area contributed by atoms with Gasteiger partial charge in [0.1, 0.15) is 17.3 Å². The van der Waals surface area contributed by atoms with E-state index in [1.54, 1.807) is 24.3 Å². The van der Waals surface area contributed by atoms with Crippen molar-refractivity contribution in [3.63, 3.8) is 0 Å². The average Bonchev–Trinajstić information content (AvgIpc) is 3.38. The topological polar surface area (TPSA) is 80.6 Å². The molecular formula is C34H25FN2O4. The van der Waals surface area contributed by atoms with Gasteiger partial charge in [0, 0.05) is 24.7 Å². The maximum absolute atomic E-state index is 13.9. The van der Waals surface area contributed by atoms with Crippen molar-refractivity contribution >= 4 is 33.6 Å². The Labute approximate surface area is 235 Å². The summed E-state index contributed by atoms with van der Waals surface area (Å²) < 4.78 is 21.9. The molecule has 0 atom stereocenters. The lowest BCUT2D eigenvalue weighted by Crippen LogP contribution is -2.23. The summed E-state index contributed by atoms with van der Waals surface area (Å²) in [5.74, 6) is -0.409. The molecule has 7 heteroatoms. The molecule has 0 saturated heterocycles. The number of hydrogen-bond donors (Lipinski definition) is 2. The number of halogens is 1. The number of aromatic carboxylic acids is 1. The molecule has 5 aromatic carbocycles. The standard InChI is InChI=1S/C34H25FN2O4/c35-28-13-12-24-9-8-23(16-27(24)17-28)21-37-15-14-26-18-30(41-29-4-2-1-3-5-29)19-31(32(26)37)33(38)36-20-22-6-10-25(11-7-22)34(39)40/h1-19H,20-21H2,(H,36,38)(H,39,40). The molecule has 0 unspecified atom stereocenters. The Morgan fingerprint density at radius 2 is 1.51 bits per heavy atom. The third-order valence-electron chi connectivity index (χ3n) is 6.93. The number of benzene rings is 5. The number of aromatic nitrogens is 1. The first-order chi connectivity index (χ1) is 19.9. The fourth-order valence-corrected chi connectivity index (χ4v) is 4.92. The number of nitrogens with zero attached hydrogens (tertiary/aromatic N) is 1. The molecule has 0 saturated carbocycles. The molecule has 6 aromatic rings. The summed E-state index contributed by atoms with van der Waals surface area (Å²) in [5, 5.41) is 14.7. The minimum Gasteiger partial charge on any atom is -0.478 e. The number of fused-ring (bicyclic) bond motifs is 2. The summed E-state index contributed by atoms with van der Waals surface area (Å²) in [4.78, 5) is 24.8. The van der Waals surface area contributed by atoms with Gasteiger partial charge in [-0.15, -0.1) is 0 Å². The van der Waals surface area contributed by atoms with Crippen LogP contribution in [-0.4, -0.2) is 21.6 Å². The van der Waals surface area contributed by atoms with E-state index in [-0.39, 0.29) is 23.8 Å². The van der Waals surface area contributed by atoms with E-state index in [1.165, 1.54) is 24.3 Å². The lowest BCUT2D eigenvalue weighted by atomic mass is 10.1. The normalized spacial score (nSPS) is 11.0. The van der Waals surface area contributed by atoms with E-state index in [2.05, 4.69) is 5.32 Å². The Kier molecular flexibility index (Phi) is 6.92. The van der Waals surface area contributed by atoms with E-state index in [0.717, 1.165) is 32.8 Å². The summed E-state index contributed by atoms with van der Waals surface area (Å²) in [6.45, 7) is 0.701. The van der Waals surface area contributed by atoms with E-state index >= 15 is 0 Å². The fraction of sp³-hybridized carbons (Fsp3) is 0.0588. The van der Waals surface area contributed by atoms with Crippen molar-refractivity contribution in [1.82, 2.24) is 9.88 Å². The van der Waals surface area contributed by atoms with Crippen molar-refractivity contribution in [2.24, 2.45) is 0 Å². The molecule has 202 valence electrons. The minimum atomic E-state index is -1.00. The Morgan fingerprint density at radius 3 is 2.29 bits per heavy atom. The van der Waals surface area contributed by atoms with Crippen molar-refractivity contribution < 1.29 is 23.8 Å².